The highest BCUT2D eigenvalue weighted by molar-refractivity contribution is 7.92. The van der Waals surface area contributed by atoms with Crippen LogP contribution in [0.1, 0.15) is 21.6 Å². The van der Waals surface area contributed by atoms with Crippen molar-refractivity contribution in [3.63, 3.8) is 0 Å². The number of halogens is 2. The van der Waals surface area contributed by atoms with Crippen LogP contribution < -0.4 is 14.9 Å². The summed E-state index contributed by atoms with van der Waals surface area (Å²) in [6, 6.07) is 13.4. The topological polar surface area (TPSA) is 182 Å². The first-order valence-electron chi connectivity index (χ1n) is 15.7. The van der Waals surface area contributed by atoms with Crippen molar-refractivity contribution in [2.45, 2.75) is 36.5 Å². The van der Waals surface area contributed by atoms with E-state index in [2.05, 4.69) is 20.0 Å². The Morgan fingerprint density at radius 3 is 2.21 bits per heavy atom. The smallest absolute Gasteiger partial charge is 0.332 e. The third kappa shape index (κ3) is 6.89. The molecular weight excluding hydrogens is 700 g/mol. The van der Waals surface area contributed by atoms with Crippen molar-refractivity contribution in [1.29, 1.82) is 0 Å². The number of carbonyl (C=O) groups is 4. The molecule has 0 bridgehead atoms. The van der Waals surface area contributed by atoms with Gasteiger partial charge in [-0.1, -0.05) is 24.3 Å². The summed E-state index contributed by atoms with van der Waals surface area (Å²) in [5.74, 6) is -6.27. The summed E-state index contributed by atoms with van der Waals surface area (Å²) in [7, 11) is -1.12. The van der Waals surface area contributed by atoms with Crippen LogP contribution in [0, 0.1) is 18.6 Å². The van der Waals surface area contributed by atoms with Crippen LogP contribution in [0.4, 0.5) is 25.0 Å². The minimum Gasteiger partial charge on any atom is -0.480 e. The van der Waals surface area contributed by atoms with Crippen LogP contribution in [0.3, 0.4) is 0 Å². The number of hydrogen-bond acceptors (Lipinski definition) is 9. The lowest BCUT2D eigenvalue weighted by atomic mass is 10.0. The van der Waals surface area contributed by atoms with Gasteiger partial charge in [-0.2, -0.15) is 0 Å². The van der Waals surface area contributed by atoms with E-state index in [1.54, 1.807) is 36.3 Å². The van der Waals surface area contributed by atoms with Crippen molar-refractivity contribution < 1.29 is 41.5 Å². The number of carboxylic acids is 1. The van der Waals surface area contributed by atoms with Crippen molar-refractivity contribution >= 4 is 51.6 Å². The number of amides is 4. The quantitative estimate of drug-likeness (QED) is 0.220. The number of sulfonamides is 1. The van der Waals surface area contributed by atoms with Gasteiger partial charge in [0.2, 0.25) is 0 Å². The van der Waals surface area contributed by atoms with E-state index in [0.717, 1.165) is 21.7 Å². The van der Waals surface area contributed by atoms with E-state index in [9.17, 15) is 32.7 Å². The third-order valence-corrected chi connectivity index (χ3v) is 10.0. The minimum atomic E-state index is -4.30. The van der Waals surface area contributed by atoms with Crippen LogP contribution in [-0.2, 0) is 26.0 Å². The number of carbonyl (C=O) groups excluding carboxylic acids is 3. The predicted molar refractivity (Wildman–Crippen MR) is 185 cm³/mol. The highest BCUT2D eigenvalue weighted by atomic mass is 32.2. The standard InChI is InChI=1S/C35H31F2N7O7S/c1-19-14-22(12-13-38-19)21-6-10-25(11-7-21)52(50,51)41-23-16-26(36)29(27(37)17-23)32(45)40-28(34(47)48)15-20-4-8-24(9-5-20)44-33(46)30-31(39-18-42(30)2)43(3)35(44)49/h4-14,16-18,28,30-31,41H,15H2,1-3H3,(H,40,45)(H,47,48)/t28-,30?,31?/m0/s1. The normalized spacial score (nSPS) is 17.6. The first kappa shape index (κ1) is 35.6. The first-order valence-corrected chi connectivity index (χ1v) is 17.2. The van der Waals surface area contributed by atoms with E-state index in [4.69, 9.17) is 0 Å². The zero-order valence-corrected chi connectivity index (χ0v) is 28.6. The summed E-state index contributed by atoms with van der Waals surface area (Å²) in [5.41, 5.74) is 1.26. The maximum absolute atomic E-state index is 15.1. The number of carboxylic acid groups (broad SMARTS) is 1. The van der Waals surface area contributed by atoms with Crippen molar-refractivity contribution in [2.75, 3.05) is 23.7 Å². The second-order valence-corrected chi connectivity index (χ2v) is 13.9. The van der Waals surface area contributed by atoms with Gasteiger partial charge < -0.3 is 20.2 Å². The summed E-state index contributed by atoms with van der Waals surface area (Å²) < 4.78 is 58.4. The molecule has 14 nitrogen and oxygen atoms in total. The molecule has 2 unspecified atom stereocenters. The van der Waals surface area contributed by atoms with Gasteiger partial charge in [0.25, 0.3) is 21.8 Å². The molecule has 0 radical (unpaired) electrons. The summed E-state index contributed by atoms with van der Waals surface area (Å²) in [6.07, 6.45) is 2.10. The SMILES string of the molecule is Cc1cc(-c2ccc(S(=O)(=O)Nc3cc(F)c(C(=O)N[C@@H](Cc4ccc(N5C(=O)C6C(N=CN6C)N(C)C5=O)cc4)C(=O)O)c(F)c3)cc2)ccn1. The molecule has 3 N–H and O–H groups in total. The number of anilines is 2. The minimum absolute atomic E-state index is 0.187. The van der Waals surface area contributed by atoms with E-state index in [1.807, 2.05) is 13.0 Å². The van der Waals surface area contributed by atoms with E-state index >= 15 is 8.78 Å². The number of aryl methyl sites for hydroxylation is 1. The van der Waals surface area contributed by atoms with E-state index in [-0.39, 0.29) is 17.0 Å². The maximum atomic E-state index is 15.1. The van der Waals surface area contributed by atoms with Crippen molar-refractivity contribution in [2.24, 2.45) is 4.99 Å². The fourth-order valence-corrected chi connectivity index (χ4v) is 6.99. The van der Waals surface area contributed by atoms with Crippen LogP contribution in [0.5, 0.6) is 0 Å². The Kier molecular flexibility index (Phi) is 9.46. The van der Waals surface area contributed by atoms with E-state index < -0.39 is 75.0 Å². The lowest BCUT2D eigenvalue weighted by molar-refractivity contribution is -0.139. The van der Waals surface area contributed by atoms with Crippen LogP contribution in [-0.4, -0.2) is 90.8 Å². The second kappa shape index (κ2) is 13.8. The van der Waals surface area contributed by atoms with Crippen molar-refractivity contribution in [3.8, 4) is 11.1 Å². The first-order chi connectivity index (χ1) is 24.6. The number of rotatable bonds is 10. The fourth-order valence-electron chi connectivity index (χ4n) is 5.95. The largest absolute Gasteiger partial charge is 0.480 e. The molecule has 4 aromatic rings. The molecule has 3 atom stereocenters. The molecule has 2 aliphatic heterocycles. The van der Waals surface area contributed by atoms with Gasteiger partial charge in [0.15, 0.2) is 12.2 Å². The molecule has 0 aliphatic carbocycles. The number of aliphatic carboxylic acids is 1. The average Bonchev–Trinajstić information content (AvgIpc) is 3.49. The van der Waals surface area contributed by atoms with Gasteiger partial charge >= 0.3 is 12.0 Å². The molecule has 0 spiro atoms. The number of fused-ring (bicyclic) bond motifs is 1. The number of likely N-dealkylation sites (N-methyl/N-ethyl adjacent to an activating group) is 2. The number of aromatic nitrogens is 1. The highest BCUT2D eigenvalue weighted by Crippen LogP contribution is 2.29. The monoisotopic (exact) mass is 731 g/mol. The summed E-state index contributed by atoms with van der Waals surface area (Å²) in [6.45, 7) is 1.81. The van der Waals surface area contributed by atoms with Crippen LogP contribution in [0.25, 0.3) is 11.1 Å². The molecule has 1 aromatic heterocycles. The summed E-state index contributed by atoms with van der Waals surface area (Å²) >= 11 is 0. The Balaban J connectivity index is 1.13. The van der Waals surface area contributed by atoms with Crippen LogP contribution >= 0.6 is 0 Å². The summed E-state index contributed by atoms with van der Waals surface area (Å²) in [5, 5.41) is 11.9. The Bertz CT molecular complexity index is 2210. The van der Waals surface area contributed by atoms with Gasteiger partial charge in [0.1, 0.15) is 23.2 Å². The molecule has 4 amide bonds. The number of benzene rings is 3. The molecule has 0 saturated carbocycles. The van der Waals surface area contributed by atoms with Crippen molar-refractivity contribution in [3.05, 3.63) is 107 Å². The zero-order chi connectivity index (χ0) is 37.5. The Hall–Kier alpha value is -6.23. The zero-order valence-electron chi connectivity index (χ0n) is 27.8. The van der Waals surface area contributed by atoms with Gasteiger partial charge in [0.05, 0.1) is 22.6 Å². The van der Waals surface area contributed by atoms with Crippen LogP contribution in [0.15, 0.2) is 88.9 Å². The summed E-state index contributed by atoms with van der Waals surface area (Å²) in [4.78, 5) is 63.3. The molecule has 52 heavy (non-hydrogen) atoms. The predicted octanol–water partition coefficient (Wildman–Crippen LogP) is 3.63. The molecule has 3 heterocycles. The Morgan fingerprint density at radius 1 is 0.942 bits per heavy atom. The number of pyridine rings is 1. The fraction of sp³-hybridized carbons (Fsp3) is 0.200. The number of aliphatic imine (C=N–C) groups is 1. The van der Waals surface area contributed by atoms with Gasteiger partial charge in [-0.05, 0) is 72.1 Å². The number of imide groups is 1. The van der Waals surface area contributed by atoms with Gasteiger partial charge in [0, 0.05) is 32.4 Å². The Labute approximate surface area is 296 Å². The van der Waals surface area contributed by atoms with Gasteiger partial charge in [-0.25, -0.2) is 36.7 Å². The number of urea groups is 1. The molecule has 1 saturated heterocycles. The molecule has 268 valence electrons. The molecule has 6 rings (SSSR count). The van der Waals surface area contributed by atoms with Crippen LogP contribution in [0.2, 0.25) is 0 Å². The average molecular weight is 732 g/mol. The number of hydrogen-bond donors (Lipinski definition) is 3. The number of nitrogens with one attached hydrogen (secondary N) is 2. The lowest BCUT2D eigenvalue weighted by Gasteiger charge is -2.40. The molecule has 3 aromatic carbocycles. The Morgan fingerprint density at radius 2 is 1.60 bits per heavy atom. The molecule has 2 aliphatic rings. The van der Waals surface area contributed by atoms with Gasteiger partial charge in [-0.3, -0.25) is 19.3 Å². The van der Waals surface area contributed by atoms with E-state index in [0.29, 0.717) is 17.7 Å². The second-order valence-electron chi connectivity index (χ2n) is 12.2. The lowest BCUT2D eigenvalue weighted by Crippen LogP contribution is -2.64. The molecule has 17 heteroatoms. The van der Waals surface area contributed by atoms with E-state index in [1.165, 1.54) is 54.7 Å². The number of nitrogens with zero attached hydrogens (tertiary/aromatic N) is 5. The maximum Gasteiger partial charge on any atom is 0.332 e. The van der Waals surface area contributed by atoms with Gasteiger partial charge in [-0.15, -0.1) is 0 Å². The molecule has 1 fully saturated rings. The third-order valence-electron chi connectivity index (χ3n) is 8.64. The van der Waals surface area contributed by atoms with Crippen molar-refractivity contribution in [1.82, 2.24) is 20.1 Å². The highest BCUT2D eigenvalue weighted by Gasteiger charge is 2.49. The molecular formula is C35H31F2N7O7S.